The molecule has 1 fully saturated rings. The van der Waals surface area contributed by atoms with Crippen LogP contribution in [-0.4, -0.2) is 36.4 Å². The summed E-state index contributed by atoms with van der Waals surface area (Å²) in [6, 6.07) is 8.10. The van der Waals surface area contributed by atoms with E-state index < -0.39 is 0 Å². The van der Waals surface area contributed by atoms with Gasteiger partial charge in [-0.25, -0.2) is 0 Å². The Morgan fingerprint density at radius 1 is 1.14 bits per heavy atom. The van der Waals surface area contributed by atoms with Gasteiger partial charge in [0.05, 0.1) is 0 Å². The molecule has 0 aliphatic carbocycles. The molecule has 1 aliphatic heterocycles. The van der Waals surface area contributed by atoms with Crippen molar-refractivity contribution in [2.45, 2.75) is 6.92 Å². The van der Waals surface area contributed by atoms with E-state index in [9.17, 15) is 0 Å². The third-order valence-corrected chi connectivity index (χ3v) is 3.73. The zero-order valence-corrected chi connectivity index (χ0v) is 11.8. The van der Waals surface area contributed by atoms with E-state index in [0.717, 1.165) is 37.1 Å². The molecule has 108 valence electrons. The fourth-order valence-corrected chi connectivity index (χ4v) is 2.73. The minimum atomic E-state index is 0.426. The van der Waals surface area contributed by atoms with Gasteiger partial charge in [-0.15, -0.1) is 10.2 Å². The van der Waals surface area contributed by atoms with Crippen LogP contribution in [0.1, 0.15) is 5.89 Å². The van der Waals surface area contributed by atoms with E-state index in [1.54, 1.807) is 6.92 Å². The zero-order chi connectivity index (χ0) is 14.2. The van der Waals surface area contributed by atoms with Gasteiger partial charge in [-0.05, 0) is 18.2 Å². The minimum Gasteiger partial charge on any atom is -0.451 e. The van der Waals surface area contributed by atoms with E-state index in [2.05, 4.69) is 26.5 Å². The average molecular weight is 284 g/mol. The first kappa shape index (κ1) is 12.4. The Bertz CT molecular complexity index is 771. The number of nitrogens with one attached hydrogen (secondary N) is 1. The Morgan fingerprint density at radius 3 is 2.76 bits per heavy atom. The normalized spacial score (nSPS) is 15.8. The third kappa shape index (κ3) is 2.17. The minimum absolute atomic E-state index is 0.426. The smallest absolute Gasteiger partial charge is 0.283 e. The van der Waals surface area contributed by atoms with Crippen LogP contribution in [0.4, 0.5) is 5.69 Å². The predicted molar refractivity (Wildman–Crippen MR) is 79.3 cm³/mol. The van der Waals surface area contributed by atoms with Crippen LogP contribution in [0.2, 0.25) is 0 Å². The molecule has 0 atom stereocenters. The standard InChI is InChI=1S/C15H16N4O2/c1-10-17-18-15(20-10)14-9-11-12(3-2-4-13(11)21-14)19-7-5-16-6-8-19/h2-4,9,16H,5-8H2,1H3. The van der Waals surface area contributed by atoms with E-state index in [0.29, 0.717) is 17.5 Å². The summed E-state index contributed by atoms with van der Waals surface area (Å²) in [5.41, 5.74) is 2.04. The molecule has 1 aromatic carbocycles. The molecule has 1 N–H and O–H groups in total. The maximum Gasteiger partial charge on any atom is 0.283 e. The number of piperazine rings is 1. The fraction of sp³-hybridized carbons (Fsp3) is 0.333. The van der Waals surface area contributed by atoms with Crippen molar-refractivity contribution in [1.29, 1.82) is 0 Å². The lowest BCUT2D eigenvalue weighted by molar-refractivity contribution is 0.507. The molecule has 3 aromatic rings. The second-order valence-electron chi connectivity index (χ2n) is 5.16. The molecule has 0 radical (unpaired) electrons. The van der Waals surface area contributed by atoms with Crippen LogP contribution in [0.5, 0.6) is 0 Å². The van der Waals surface area contributed by atoms with Crippen LogP contribution in [-0.2, 0) is 0 Å². The largest absolute Gasteiger partial charge is 0.451 e. The maximum atomic E-state index is 5.86. The first-order valence-electron chi connectivity index (χ1n) is 7.10. The van der Waals surface area contributed by atoms with Gasteiger partial charge in [0.1, 0.15) is 5.58 Å². The van der Waals surface area contributed by atoms with E-state index in [-0.39, 0.29) is 0 Å². The van der Waals surface area contributed by atoms with Gasteiger partial charge in [0.2, 0.25) is 5.89 Å². The summed E-state index contributed by atoms with van der Waals surface area (Å²) in [6.07, 6.45) is 0. The molecular weight excluding hydrogens is 268 g/mol. The van der Waals surface area contributed by atoms with Crippen LogP contribution in [0.3, 0.4) is 0 Å². The number of rotatable bonds is 2. The van der Waals surface area contributed by atoms with Gasteiger partial charge in [-0.1, -0.05) is 6.07 Å². The maximum absolute atomic E-state index is 5.86. The van der Waals surface area contributed by atoms with E-state index >= 15 is 0 Å². The second kappa shape index (κ2) is 4.89. The summed E-state index contributed by atoms with van der Waals surface area (Å²) in [7, 11) is 0. The number of nitrogens with zero attached hydrogens (tertiary/aromatic N) is 3. The number of anilines is 1. The Hall–Kier alpha value is -2.34. The number of hydrogen-bond acceptors (Lipinski definition) is 6. The monoisotopic (exact) mass is 284 g/mol. The molecule has 0 bridgehead atoms. The van der Waals surface area contributed by atoms with Crippen molar-refractivity contribution in [2.75, 3.05) is 31.1 Å². The number of benzene rings is 1. The number of aromatic nitrogens is 2. The lowest BCUT2D eigenvalue weighted by Crippen LogP contribution is -2.43. The third-order valence-electron chi connectivity index (χ3n) is 3.73. The second-order valence-corrected chi connectivity index (χ2v) is 5.16. The highest BCUT2D eigenvalue weighted by Crippen LogP contribution is 2.33. The van der Waals surface area contributed by atoms with Crippen molar-refractivity contribution in [3.63, 3.8) is 0 Å². The summed E-state index contributed by atoms with van der Waals surface area (Å²) in [4.78, 5) is 2.37. The van der Waals surface area contributed by atoms with Crippen LogP contribution in [0.25, 0.3) is 22.6 Å². The number of furan rings is 1. The highest BCUT2D eigenvalue weighted by molar-refractivity contribution is 5.93. The van der Waals surface area contributed by atoms with Gasteiger partial charge in [0.15, 0.2) is 5.76 Å². The SMILES string of the molecule is Cc1nnc(-c2cc3c(N4CCNCC4)cccc3o2)o1. The average Bonchev–Trinajstić information content (AvgIpc) is 3.13. The molecule has 3 heterocycles. The molecule has 2 aromatic heterocycles. The summed E-state index contributed by atoms with van der Waals surface area (Å²) in [5.74, 6) is 1.58. The van der Waals surface area contributed by atoms with Gasteiger partial charge in [-0.3, -0.25) is 0 Å². The molecular formula is C15H16N4O2. The van der Waals surface area contributed by atoms with Gasteiger partial charge in [0.25, 0.3) is 5.89 Å². The molecule has 6 nitrogen and oxygen atoms in total. The molecule has 0 spiro atoms. The summed E-state index contributed by atoms with van der Waals surface area (Å²) in [6.45, 7) is 5.78. The van der Waals surface area contributed by atoms with Crippen LogP contribution >= 0.6 is 0 Å². The van der Waals surface area contributed by atoms with Gasteiger partial charge in [0, 0.05) is 44.2 Å². The molecule has 0 saturated carbocycles. The molecule has 0 amide bonds. The molecule has 1 saturated heterocycles. The quantitative estimate of drug-likeness (QED) is 0.778. The predicted octanol–water partition coefficient (Wildman–Crippen LogP) is 2.20. The Morgan fingerprint density at radius 2 is 2.00 bits per heavy atom. The van der Waals surface area contributed by atoms with Crippen LogP contribution in [0.15, 0.2) is 33.1 Å². The summed E-state index contributed by atoms with van der Waals surface area (Å²) in [5, 5.41) is 12.3. The zero-order valence-electron chi connectivity index (χ0n) is 11.8. The fourth-order valence-electron chi connectivity index (χ4n) is 2.73. The first-order valence-corrected chi connectivity index (χ1v) is 7.10. The number of hydrogen-bond donors (Lipinski definition) is 1. The topological polar surface area (TPSA) is 67.3 Å². The van der Waals surface area contributed by atoms with E-state index in [1.807, 2.05) is 18.2 Å². The van der Waals surface area contributed by atoms with Crippen molar-refractivity contribution in [3.8, 4) is 11.7 Å². The first-order chi connectivity index (χ1) is 10.3. The van der Waals surface area contributed by atoms with Crippen LogP contribution < -0.4 is 10.2 Å². The van der Waals surface area contributed by atoms with Gasteiger partial charge >= 0.3 is 0 Å². The lowest BCUT2D eigenvalue weighted by Gasteiger charge is -2.29. The van der Waals surface area contributed by atoms with E-state index in [4.69, 9.17) is 8.83 Å². The summed E-state index contributed by atoms with van der Waals surface area (Å²) < 4.78 is 11.3. The van der Waals surface area contributed by atoms with Gasteiger partial charge in [-0.2, -0.15) is 0 Å². The summed E-state index contributed by atoms with van der Waals surface area (Å²) >= 11 is 0. The number of fused-ring (bicyclic) bond motifs is 1. The molecule has 6 heteroatoms. The van der Waals surface area contributed by atoms with Crippen molar-refractivity contribution in [2.24, 2.45) is 0 Å². The highest BCUT2D eigenvalue weighted by Gasteiger charge is 2.18. The molecule has 1 aliphatic rings. The Balaban J connectivity index is 1.80. The van der Waals surface area contributed by atoms with Crippen molar-refractivity contribution < 1.29 is 8.83 Å². The van der Waals surface area contributed by atoms with Crippen molar-refractivity contribution >= 4 is 16.7 Å². The van der Waals surface area contributed by atoms with Gasteiger partial charge < -0.3 is 19.1 Å². The molecule has 21 heavy (non-hydrogen) atoms. The Kier molecular flexibility index (Phi) is 2.89. The van der Waals surface area contributed by atoms with Crippen molar-refractivity contribution in [3.05, 3.63) is 30.2 Å². The van der Waals surface area contributed by atoms with E-state index in [1.165, 1.54) is 5.69 Å². The molecule has 0 unspecified atom stereocenters. The Labute approximate surface area is 121 Å². The number of aryl methyl sites for hydroxylation is 1. The highest BCUT2D eigenvalue weighted by atomic mass is 16.4. The van der Waals surface area contributed by atoms with Crippen LogP contribution in [0, 0.1) is 6.92 Å². The van der Waals surface area contributed by atoms with Crippen molar-refractivity contribution in [1.82, 2.24) is 15.5 Å². The molecule has 4 rings (SSSR count). The lowest BCUT2D eigenvalue weighted by atomic mass is 10.2.